The zero-order valence-corrected chi connectivity index (χ0v) is 17.9. The first-order valence-corrected chi connectivity index (χ1v) is 11.4. The van der Waals surface area contributed by atoms with Gasteiger partial charge in [-0.05, 0) is 32.9 Å². The van der Waals surface area contributed by atoms with E-state index in [4.69, 9.17) is 9.47 Å². The minimum atomic E-state index is -0.969. The molecule has 0 saturated carbocycles. The Hall–Kier alpha value is -1.71. The Morgan fingerprint density at radius 3 is 2.90 bits per heavy atom. The average Bonchev–Trinajstić information content (AvgIpc) is 2.72. The fourth-order valence-electron chi connectivity index (χ4n) is 3.94. The van der Waals surface area contributed by atoms with E-state index < -0.39 is 17.5 Å². The number of rotatable bonds is 6. The fourth-order valence-corrected chi connectivity index (χ4v) is 4.99. The molecule has 0 amide bonds. The van der Waals surface area contributed by atoms with E-state index in [9.17, 15) is 13.6 Å². The number of H-pyrrole nitrogens is 1. The molecule has 1 aromatic heterocycles. The third-order valence-corrected chi connectivity index (χ3v) is 7.13. The lowest BCUT2D eigenvalue weighted by atomic mass is 9.96. The lowest BCUT2D eigenvalue weighted by molar-refractivity contribution is 0.0695. The van der Waals surface area contributed by atoms with Gasteiger partial charge in [-0.25, -0.2) is 13.8 Å². The lowest BCUT2D eigenvalue weighted by Crippen LogP contribution is -2.41. The summed E-state index contributed by atoms with van der Waals surface area (Å²) in [6.45, 7) is 2.87. The van der Waals surface area contributed by atoms with Crippen molar-refractivity contribution in [2.45, 2.75) is 36.4 Å². The summed E-state index contributed by atoms with van der Waals surface area (Å²) in [5, 5.41) is 0.388. The van der Waals surface area contributed by atoms with Gasteiger partial charge >= 0.3 is 0 Å². The summed E-state index contributed by atoms with van der Waals surface area (Å²) in [6.07, 6.45) is 1.67. The van der Waals surface area contributed by atoms with Gasteiger partial charge in [-0.3, -0.25) is 4.79 Å². The molecular weight excluding hydrogens is 412 g/mol. The molecule has 0 spiro atoms. The Morgan fingerprint density at radius 1 is 1.33 bits per heavy atom. The normalized spacial score (nSPS) is 23.7. The van der Waals surface area contributed by atoms with E-state index in [1.807, 2.05) is 11.9 Å². The van der Waals surface area contributed by atoms with Crippen molar-refractivity contribution in [2.75, 3.05) is 40.0 Å². The second-order valence-corrected chi connectivity index (χ2v) is 9.36. The zero-order valence-electron chi connectivity index (χ0n) is 17.0. The number of hydrogen-bond donors (Lipinski definition) is 1. The van der Waals surface area contributed by atoms with Gasteiger partial charge in [0.1, 0.15) is 28.9 Å². The minimum absolute atomic E-state index is 0.0789. The molecule has 0 unspecified atom stereocenters. The van der Waals surface area contributed by atoms with Crippen LogP contribution in [0.2, 0.25) is 0 Å². The molecule has 30 heavy (non-hydrogen) atoms. The second-order valence-electron chi connectivity index (χ2n) is 8.07. The number of piperidine rings is 1. The predicted molar refractivity (Wildman–Crippen MR) is 113 cm³/mol. The Balaban J connectivity index is 1.47. The van der Waals surface area contributed by atoms with Gasteiger partial charge in [0, 0.05) is 43.1 Å². The highest BCUT2D eigenvalue weighted by molar-refractivity contribution is 7.99. The molecule has 1 aromatic carbocycles. The topological polar surface area (TPSA) is 67.5 Å². The number of thioether (sulfide) groups is 1. The molecule has 3 heterocycles. The molecule has 2 atom stereocenters. The van der Waals surface area contributed by atoms with Gasteiger partial charge in [-0.2, -0.15) is 11.8 Å². The van der Waals surface area contributed by atoms with Gasteiger partial charge in [-0.15, -0.1) is 0 Å². The highest BCUT2D eigenvalue weighted by Gasteiger charge is 2.28. The molecule has 2 aromatic rings. The van der Waals surface area contributed by atoms with Crippen LogP contribution >= 0.6 is 11.8 Å². The number of hydrogen-bond acceptors (Lipinski definition) is 6. The number of likely N-dealkylation sites (tertiary alicyclic amines) is 1. The van der Waals surface area contributed by atoms with Gasteiger partial charge < -0.3 is 19.4 Å². The standard InChI is InChI=1S/C21H27F2N3O3S/c1-26-5-2-13(17(23)10-26)11-29-14-8-16(22)20-18(9-14)24-19(25-21(20)27)12-30-15-3-6-28-7-4-15/h8-9,13,15,17H,2-7,10-12H2,1H3,(H,24,25,27)/t13-,17-/m1/s1. The van der Waals surface area contributed by atoms with E-state index in [1.165, 1.54) is 6.07 Å². The summed E-state index contributed by atoms with van der Waals surface area (Å²) >= 11 is 1.72. The van der Waals surface area contributed by atoms with Crippen LogP contribution in [0.3, 0.4) is 0 Å². The van der Waals surface area contributed by atoms with E-state index in [-0.39, 0.29) is 29.2 Å². The monoisotopic (exact) mass is 439 g/mol. The van der Waals surface area contributed by atoms with Crippen LogP contribution in [0.25, 0.3) is 10.9 Å². The number of aromatic amines is 1. The number of benzene rings is 1. The molecule has 4 rings (SSSR count). The maximum atomic E-state index is 14.6. The molecular formula is C21H27F2N3O3S. The SMILES string of the molecule is CN1CC[C@H](COc2cc(F)c3c(=O)[nH]c(CSC4CCOCC4)nc3c2)[C@H](F)C1. The molecule has 2 aliphatic rings. The summed E-state index contributed by atoms with van der Waals surface area (Å²) in [5.74, 6) is 0.423. The van der Waals surface area contributed by atoms with Crippen LogP contribution < -0.4 is 10.3 Å². The highest BCUT2D eigenvalue weighted by Crippen LogP contribution is 2.27. The number of alkyl halides is 1. The maximum absolute atomic E-state index is 14.6. The maximum Gasteiger partial charge on any atom is 0.261 e. The Morgan fingerprint density at radius 2 is 2.13 bits per heavy atom. The van der Waals surface area contributed by atoms with Crippen molar-refractivity contribution < 1.29 is 18.3 Å². The van der Waals surface area contributed by atoms with Crippen LogP contribution in [0.1, 0.15) is 25.1 Å². The van der Waals surface area contributed by atoms with Gasteiger partial charge in [0.15, 0.2) is 0 Å². The summed E-state index contributed by atoms with van der Waals surface area (Å²) in [6, 6.07) is 2.75. The van der Waals surface area contributed by atoms with Gasteiger partial charge in [0.25, 0.3) is 5.56 Å². The minimum Gasteiger partial charge on any atom is -0.493 e. The smallest absolute Gasteiger partial charge is 0.261 e. The quantitative estimate of drug-likeness (QED) is 0.746. The van der Waals surface area contributed by atoms with Crippen molar-refractivity contribution in [2.24, 2.45) is 5.92 Å². The molecule has 6 nitrogen and oxygen atoms in total. The zero-order chi connectivity index (χ0) is 21.1. The number of nitrogens with one attached hydrogen (secondary N) is 1. The van der Waals surface area contributed by atoms with E-state index in [1.54, 1.807) is 17.8 Å². The van der Waals surface area contributed by atoms with Crippen molar-refractivity contribution >= 4 is 22.7 Å². The number of fused-ring (bicyclic) bond motifs is 1. The Kier molecular flexibility index (Phi) is 6.90. The third-order valence-electron chi connectivity index (χ3n) is 5.75. The third kappa shape index (κ3) is 5.12. The van der Waals surface area contributed by atoms with Crippen molar-refractivity contribution in [1.82, 2.24) is 14.9 Å². The second kappa shape index (κ2) is 9.62. The van der Waals surface area contributed by atoms with Crippen LogP contribution in [0.5, 0.6) is 5.75 Å². The summed E-state index contributed by atoms with van der Waals surface area (Å²) in [4.78, 5) is 21.5. The summed E-state index contributed by atoms with van der Waals surface area (Å²) < 4.78 is 39.9. The first-order valence-electron chi connectivity index (χ1n) is 10.4. The van der Waals surface area contributed by atoms with Crippen LogP contribution in [0.15, 0.2) is 16.9 Å². The molecule has 2 saturated heterocycles. The van der Waals surface area contributed by atoms with Crippen LogP contribution in [-0.2, 0) is 10.5 Å². The molecule has 9 heteroatoms. The van der Waals surface area contributed by atoms with Gasteiger partial charge in [0.05, 0.1) is 17.9 Å². The molecule has 0 bridgehead atoms. The summed E-state index contributed by atoms with van der Waals surface area (Å²) in [5.41, 5.74) is -0.234. The average molecular weight is 440 g/mol. The van der Waals surface area contributed by atoms with Crippen LogP contribution in [0, 0.1) is 11.7 Å². The highest BCUT2D eigenvalue weighted by atomic mass is 32.2. The Labute approximate surface area is 178 Å². The number of halogens is 2. The largest absolute Gasteiger partial charge is 0.493 e. The predicted octanol–water partition coefficient (Wildman–Crippen LogP) is 3.14. The molecule has 164 valence electrons. The van der Waals surface area contributed by atoms with E-state index in [0.717, 1.165) is 32.6 Å². The fraction of sp³-hybridized carbons (Fsp3) is 0.619. The van der Waals surface area contributed by atoms with Gasteiger partial charge in [-0.1, -0.05) is 0 Å². The molecule has 0 aliphatic carbocycles. The first-order chi connectivity index (χ1) is 14.5. The number of aromatic nitrogens is 2. The number of ether oxygens (including phenoxy) is 2. The molecule has 2 fully saturated rings. The van der Waals surface area contributed by atoms with Crippen molar-refractivity contribution in [3.8, 4) is 5.75 Å². The lowest BCUT2D eigenvalue weighted by Gasteiger charge is -2.32. The van der Waals surface area contributed by atoms with Crippen molar-refractivity contribution in [1.29, 1.82) is 0 Å². The van der Waals surface area contributed by atoms with Crippen LogP contribution in [-0.4, -0.2) is 66.2 Å². The van der Waals surface area contributed by atoms with Crippen molar-refractivity contribution in [3.05, 3.63) is 34.1 Å². The van der Waals surface area contributed by atoms with Crippen molar-refractivity contribution in [3.63, 3.8) is 0 Å². The Bertz CT molecular complexity index is 936. The van der Waals surface area contributed by atoms with Crippen LogP contribution in [0.4, 0.5) is 8.78 Å². The molecule has 2 aliphatic heterocycles. The first kappa shape index (κ1) is 21.5. The summed E-state index contributed by atoms with van der Waals surface area (Å²) in [7, 11) is 1.89. The molecule has 0 radical (unpaired) electrons. The van der Waals surface area contributed by atoms with E-state index >= 15 is 0 Å². The molecule has 1 N–H and O–H groups in total. The van der Waals surface area contributed by atoms with Gasteiger partial charge in [0.2, 0.25) is 0 Å². The van der Waals surface area contributed by atoms with E-state index in [2.05, 4.69) is 9.97 Å². The number of nitrogens with zero attached hydrogens (tertiary/aromatic N) is 2. The van der Waals surface area contributed by atoms with E-state index in [0.29, 0.717) is 29.8 Å².